The molecule has 1 aromatic carbocycles. The molecule has 5 nitrogen and oxygen atoms in total. The average molecular weight is 369 g/mol. The molecule has 124 valence electrons. The second-order valence-corrected chi connectivity index (χ2v) is 5.04. The van der Waals surface area contributed by atoms with Gasteiger partial charge in [0.05, 0.1) is 17.8 Å². The number of rotatable bonds is 4. The molecule has 2 aromatic rings. The monoisotopic (exact) mass is 368 g/mol. The zero-order valence-electron chi connectivity index (χ0n) is 11.7. The van der Waals surface area contributed by atoms with Gasteiger partial charge >= 0.3 is 12.2 Å². The summed E-state index contributed by atoms with van der Waals surface area (Å²) in [5.74, 6) is -0.911. The lowest BCUT2D eigenvalue weighted by Crippen LogP contribution is -2.33. The second kappa shape index (κ2) is 6.67. The Morgan fingerprint density at radius 1 is 1.30 bits per heavy atom. The molecule has 0 N–H and O–H groups in total. The van der Waals surface area contributed by atoms with Gasteiger partial charge in [0.1, 0.15) is 22.4 Å². The van der Waals surface area contributed by atoms with Gasteiger partial charge in [0.25, 0.3) is 0 Å². The molecule has 0 aliphatic rings. The van der Waals surface area contributed by atoms with Gasteiger partial charge in [-0.1, -0.05) is 23.2 Å². The third-order valence-corrected chi connectivity index (χ3v) is 3.47. The Hall–Kier alpha value is -1.93. The van der Waals surface area contributed by atoms with Crippen LogP contribution in [0.3, 0.4) is 0 Å². The van der Waals surface area contributed by atoms with Crippen LogP contribution in [0, 0.1) is 12.7 Å². The summed E-state index contributed by atoms with van der Waals surface area (Å²) >= 11 is 11.6. The van der Waals surface area contributed by atoms with Crippen LogP contribution in [0.1, 0.15) is 5.82 Å². The average Bonchev–Trinajstić information content (AvgIpc) is 2.48. The Morgan fingerprint density at radius 3 is 2.52 bits per heavy atom. The van der Waals surface area contributed by atoms with E-state index in [2.05, 4.69) is 9.82 Å². The van der Waals surface area contributed by atoms with E-state index in [1.54, 1.807) is 0 Å². The molecule has 0 unspecified atom stereocenters. The van der Waals surface area contributed by atoms with E-state index < -0.39 is 23.0 Å². The molecule has 0 spiro atoms. The lowest BCUT2D eigenvalue weighted by molar-refractivity contribution is -0.138. The van der Waals surface area contributed by atoms with E-state index in [9.17, 15) is 18.0 Å². The first-order valence-corrected chi connectivity index (χ1v) is 6.79. The van der Waals surface area contributed by atoms with Gasteiger partial charge < -0.3 is 9.57 Å². The standard InChI is InChI=1S/C13H9Cl2F3N2O3/c1-5-19-11(10(15)12(21)20(5)23-13(17)18)6-3-9(22-2)7(14)4-8(6)16/h3-4,13H,1-2H3. The molecule has 2 rings (SSSR count). The van der Waals surface area contributed by atoms with Gasteiger partial charge in [-0.15, -0.1) is 4.73 Å². The normalized spacial score (nSPS) is 11.0. The van der Waals surface area contributed by atoms with Crippen LogP contribution in [0.25, 0.3) is 11.3 Å². The number of alkyl halides is 2. The number of aromatic nitrogens is 2. The van der Waals surface area contributed by atoms with E-state index in [1.165, 1.54) is 20.1 Å². The quantitative estimate of drug-likeness (QED) is 0.830. The zero-order chi connectivity index (χ0) is 17.3. The van der Waals surface area contributed by atoms with Crippen molar-refractivity contribution in [1.82, 2.24) is 9.71 Å². The molecule has 0 fully saturated rings. The molecular weight excluding hydrogens is 360 g/mol. The number of aryl methyl sites for hydroxylation is 1. The largest absolute Gasteiger partial charge is 0.495 e. The maximum absolute atomic E-state index is 14.1. The fourth-order valence-electron chi connectivity index (χ4n) is 1.84. The highest BCUT2D eigenvalue weighted by Crippen LogP contribution is 2.34. The predicted octanol–water partition coefficient (Wildman–Crippen LogP) is 3.32. The Labute approximate surface area is 138 Å². The van der Waals surface area contributed by atoms with Crippen LogP contribution in [0.5, 0.6) is 5.75 Å². The van der Waals surface area contributed by atoms with Crippen molar-refractivity contribution in [2.45, 2.75) is 13.5 Å². The van der Waals surface area contributed by atoms with E-state index >= 15 is 0 Å². The number of benzene rings is 1. The van der Waals surface area contributed by atoms with Crippen LogP contribution in [-0.4, -0.2) is 23.4 Å². The molecule has 0 saturated carbocycles. The smallest absolute Gasteiger partial charge is 0.405 e. The number of hydrogen-bond acceptors (Lipinski definition) is 4. The van der Waals surface area contributed by atoms with E-state index in [4.69, 9.17) is 27.9 Å². The van der Waals surface area contributed by atoms with Crippen molar-refractivity contribution in [2.75, 3.05) is 7.11 Å². The van der Waals surface area contributed by atoms with E-state index in [0.29, 0.717) is 0 Å². The first-order chi connectivity index (χ1) is 10.8. The third-order valence-electron chi connectivity index (χ3n) is 2.83. The van der Waals surface area contributed by atoms with Gasteiger partial charge in [0, 0.05) is 5.56 Å². The highest BCUT2D eigenvalue weighted by molar-refractivity contribution is 6.33. The lowest BCUT2D eigenvalue weighted by atomic mass is 10.1. The van der Waals surface area contributed by atoms with Gasteiger partial charge in [-0.2, -0.15) is 8.78 Å². The Bertz CT molecular complexity index is 812. The molecule has 1 aromatic heterocycles. The van der Waals surface area contributed by atoms with Crippen LogP contribution in [0.2, 0.25) is 10.0 Å². The van der Waals surface area contributed by atoms with Crippen LogP contribution >= 0.6 is 23.2 Å². The molecule has 0 aliphatic heterocycles. The molecule has 23 heavy (non-hydrogen) atoms. The van der Waals surface area contributed by atoms with Crippen molar-refractivity contribution in [3.05, 3.63) is 44.2 Å². The van der Waals surface area contributed by atoms with Gasteiger partial charge in [0.15, 0.2) is 0 Å². The van der Waals surface area contributed by atoms with E-state index in [0.717, 1.165) is 6.07 Å². The van der Waals surface area contributed by atoms with Gasteiger partial charge in [0.2, 0.25) is 0 Å². The molecule has 0 aliphatic carbocycles. The van der Waals surface area contributed by atoms with Crippen LogP contribution in [-0.2, 0) is 0 Å². The maximum Gasteiger partial charge on any atom is 0.405 e. The Morgan fingerprint density at radius 2 is 1.96 bits per heavy atom. The summed E-state index contributed by atoms with van der Waals surface area (Å²) in [5.41, 5.74) is -1.50. The highest BCUT2D eigenvalue weighted by atomic mass is 35.5. The molecule has 0 bridgehead atoms. The SMILES string of the molecule is COc1cc(-c2nc(C)n(OC(F)F)c(=O)c2Cl)c(F)cc1Cl. The molecule has 0 radical (unpaired) electrons. The minimum Gasteiger partial charge on any atom is -0.495 e. The molecule has 0 atom stereocenters. The van der Waals surface area contributed by atoms with Crippen LogP contribution < -0.4 is 15.1 Å². The summed E-state index contributed by atoms with van der Waals surface area (Å²) in [7, 11) is 1.32. The number of nitrogens with zero attached hydrogens (tertiary/aromatic N) is 2. The first-order valence-electron chi connectivity index (χ1n) is 6.04. The van der Waals surface area contributed by atoms with Gasteiger partial charge in [-0.05, 0) is 19.1 Å². The van der Waals surface area contributed by atoms with Crippen molar-refractivity contribution < 1.29 is 22.7 Å². The summed E-state index contributed by atoms with van der Waals surface area (Å²) in [4.78, 5) is 19.9. The van der Waals surface area contributed by atoms with Crippen molar-refractivity contribution in [2.24, 2.45) is 0 Å². The van der Waals surface area contributed by atoms with Gasteiger partial charge in [-0.3, -0.25) is 4.79 Å². The number of ether oxygens (including phenoxy) is 1. The Kier molecular flexibility index (Phi) is 5.06. The summed E-state index contributed by atoms with van der Waals surface area (Å²) in [5, 5.41) is -0.574. The molecule has 0 saturated heterocycles. The maximum atomic E-state index is 14.1. The fraction of sp³-hybridized carbons (Fsp3) is 0.231. The van der Waals surface area contributed by atoms with Crippen molar-refractivity contribution in [1.29, 1.82) is 0 Å². The number of hydrogen-bond donors (Lipinski definition) is 0. The second-order valence-electron chi connectivity index (χ2n) is 4.25. The van der Waals surface area contributed by atoms with Gasteiger partial charge in [-0.25, -0.2) is 9.37 Å². The topological polar surface area (TPSA) is 53.4 Å². The first kappa shape index (κ1) is 17.4. The fourth-order valence-corrected chi connectivity index (χ4v) is 2.29. The van der Waals surface area contributed by atoms with Crippen molar-refractivity contribution in [3.8, 4) is 17.0 Å². The lowest BCUT2D eigenvalue weighted by Gasteiger charge is -2.13. The third kappa shape index (κ3) is 3.37. The summed E-state index contributed by atoms with van der Waals surface area (Å²) in [6.07, 6.45) is 0. The minimum absolute atomic E-state index is 0.0102. The van der Waals surface area contributed by atoms with E-state index in [1.807, 2.05) is 0 Å². The number of halogens is 5. The number of methoxy groups -OCH3 is 1. The Balaban J connectivity index is 2.69. The highest BCUT2D eigenvalue weighted by Gasteiger charge is 2.21. The summed E-state index contributed by atoms with van der Waals surface area (Å²) in [6.45, 7) is -2.02. The summed E-state index contributed by atoms with van der Waals surface area (Å²) in [6, 6.07) is 2.16. The molecule has 10 heteroatoms. The predicted molar refractivity (Wildman–Crippen MR) is 77.8 cm³/mol. The van der Waals surface area contributed by atoms with Crippen molar-refractivity contribution >= 4 is 23.2 Å². The zero-order valence-corrected chi connectivity index (χ0v) is 13.3. The summed E-state index contributed by atoms with van der Waals surface area (Å²) < 4.78 is 43.9. The molecule has 1 heterocycles. The molecular formula is C13H9Cl2F3N2O3. The van der Waals surface area contributed by atoms with Crippen LogP contribution in [0.15, 0.2) is 16.9 Å². The van der Waals surface area contributed by atoms with E-state index in [-0.39, 0.29) is 32.6 Å². The minimum atomic E-state index is -3.25. The molecule has 0 amide bonds. The van der Waals surface area contributed by atoms with Crippen molar-refractivity contribution in [3.63, 3.8) is 0 Å². The van der Waals surface area contributed by atoms with Crippen LogP contribution in [0.4, 0.5) is 13.2 Å².